The summed E-state index contributed by atoms with van der Waals surface area (Å²) in [5.74, 6) is 0.836. The van der Waals surface area contributed by atoms with Gasteiger partial charge in [-0.3, -0.25) is 0 Å². The van der Waals surface area contributed by atoms with Crippen molar-refractivity contribution < 1.29 is 0 Å². The Kier molecular flexibility index (Phi) is 11.7. The van der Waals surface area contributed by atoms with Crippen molar-refractivity contribution in [1.29, 1.82) is 0 Å². The monoisotopic (exact) mass is 308 g/mol. The molecule has 0 N–H and O–H groups in total. The van der Waals surface area contributed by atoms with Crippen LogP contribution in [0.4, 0.5) is 0 Å². The lowest BCUT2D eigenvalue weighted by molar-refractivity contribution is 0.550. The maximum absolute atomic E-state index is 5.67. The van der Waals surface area contributed by atoms with Gasteiger partial charge in [0, 0.05) is 5.88 Å². The minimum Gasteiger partial charge on any atom is -0.127 e. The number of unbranched alkanes of at least 4 members (excludes halogenated alkanes) is 10. The summed E-state index contributed by atoms with van der Waals surface area (Å²) in [7, 11) is 0. The number of benzene rings is 1. The van der Waals surface area contributed by atoms with E-state index in [0.29, 0.717) is 0 Å². The Morgan fingerprint density at radius 2 is 1.05 bits per heavy atom. The van der Waals surface area contributed by atoms with Crippen molar-refractivity contribution in [3.8, 4) is 0 Å². The van der Waals surface area contributed by atoms with Gasteiger partial charge in [0.05, 0.1) is 0 Å². The van der Waals surface area contributed by atoms with Gasteiger partial charge in [-0.25, -0.2) is 0 Å². The molecule has 0 spiro atoms. The van der Waals surface area contributed by atoms with Crippen LogP contribution in [-0.4, -0.2) is 5.88 Å². The Labute approximate surface area is 137 Å². The molecule has 0 bridgehead atoms. The van der Waals surface area contributed by atoms with Gasteiger partial charge in [0.2, 0.25) is 0 Å². The van der Waals surface area contributed by atoms with Crippen LogP contribution in [0.3, 0.4) is 0 Å². The topological polar surface area (TPSA) is 0 Å². The van der Waals surface area contributed by atoms with Crippen LogP contribution < -0.4 is 0 Å². The average molecular weight is 309 g/mol. The Balaban J connectivity index is 1.81. The van der Waals surface area contributed by atoms with Crippen molar-refractivity contribution in [2.75, 3.05) is 5.88 Å². The summed E-state index contributed by atoms with van der Waals surface area (Å²) in [5, 5.41) is 0. The van der Waals surface area contributed by atoms with Crippen molar-refractivity contribution in [1.82, 2.24) is 0 Å². The summed E-state index contributed by atoms with van der Waals surface area (Å²) in [6, 6.07) is 9.00. The lowest BCUT2D eigenvalue weighted by Gasteiger charge is -2.04. The first-order chi connectivity index (χ1) is 10.3. The number of alkyl halides is 1. The van der Waals surface area contributed by atoms with E-state index in [1.807, 2.05) is 0 Å². The van der Waals surface area contributed by atoms with Gasteiger partial charge in [-0.2, -0.15) is 0 Å². The van der Waals surface area contributed by atoms with Crippen LogP contribution in [0.25, 0.3) is 0 Å². The van der Waals surface area contributed by atoms with Crippen LogP contribution in [0.2, 0.25) is 0 Å². The van der Waals surface area contributed by atoms with E-state index in [2.05, 4.69) is 31.2 Å². The maximum Gasteiger partial charge on any atom is 0.0223 e. The van der Waals surface area contributed by atoms with Gasteiger partial charge >= 0.3 is 0 Å². The second kappa shape index (κ2) is 13.2. The average Bonchev–Trinajstić information content (AvgIpc) is 2.50. The third-order valence-corrected chi connectivity index (χ3v) is 4.49. The smallest absolute Gasteiger partial charge is 0.0223 e. The Bertz CT molecular complexity index is 328. The Morgan fingerprint density at radius 1 is 0.619 bits per heavy atom. The molecule has 0 unspecified atom stereocenters. The minimum absolute atomic E-state index is 0.836. The summed E-state index contributed by atoms with van der Waals surface area (Å²) < 4.78 is 0. The molecule has 1 rings (SSSR count). The van der Waals surface area contributed by atoms with E-state index in [1.165, 1.54) is 88.2 Å². The van der Waals surface area contributed by atoms with E-state index in [-0.39, 0.29) is 0 Å². The quantitative estimate of drug-likeness (QED) is 0.270. The van der Waals surface area contributed by atoms with E-state index in [4.69, 9.17) is 11.6 Å². The SMILES string of the molecule is Cc1ccc(CCCCCCCCCCCCCCl)cc1. The van der Waals surface area contributed by atoms with Gasteiger partial charge in [-0.1, -0.05) is 87.6 Å². The van der Waals surface area contributed by atoms with Crippen molar-refractivity contribution in [2.45, 2.75) is 84.0 Å². The zero-order valence-corrected chi connectivity index (χ0v) is 14.6. The fraction of sp³-hybridized carbons (Fsp3) is 0.700. The second-order valence-corrected chi connectivity index (χ2v) is 6.69. The molecule has 0 aliphatic heterocycles. The van der Waals surface area contributed by atoms with Crippen LogP contribution in [0.1, 0.15) is 81.8 Å². The van der Waals surface area contributed by atoms with Crippen molar-refractivity contribution in [3.05, 3.63) is 35.4 Å². The van der Waals surface area contributed by atoms with Gasteiger partial charge in [0.15, 0.2) is 0 Å². The van der Waals surface area contributed by atoms with Crippen LogP contribution in [0.15, 0.2) is 24.3 Å². The van der Waals surface area contributed by atoms with Gasteiger partial charge in [-0.05, 0) is 31.7 Å². The van der Waals surface area contributed by atoms with Gasteiger partial charge in [0.25, 0.3) is 0 Å². The molecule has 1 heteroatoms. The standard InChI is InChI=1S/C20H33Cl/c1-19-14-16-20(17-15-19)13-11-9-7-5-3-2-4-6-8-10-12-18-21/h14-17H,2-13,18H2,1H3. The van der Waals surface area contributed by atoms with Crippen molar-refractivity contribution >= 4 is 11.6 Å². The highest BCUT2D eigenvalue weighted by Gasteiger charge is 1.95. The first-order valence-corrected chi connectivity index (χ1v) is 9.48. The molecule has 0 nitrogen and oxygen atoms in total. The molecule has 0 radical (unpaired) electrons. The van der Waals surface area contributed by atoms with Crippen molar-refractivity contribution in [2.24, 2.45) is 0 Å². The number of halogens is 1. The van der Waals surface area contributed by atoms with Crippen molar-refractivity contribution in [3.63, 3.8) is 0 Å². The molecule has 0 saturated carbocycles. The predicted molar refractivity (Wildman–Crippen MR) is 96.4 cm³/mol. The summed E-state index contributed by atoms with van der Waals surface area (Å²) in [6.45, 7) is 2.15. The number of rotatable bonds is 13. The lowest BCUT2D eigenvalue weighted by atomic mass is 10.0. The summed E-state index contributed by atoms with van der Waals surface area (Å²) in [5.41, 5.74) is 2.86. The highest BCUT2D eigenvalue weighted by Crippen LogP contribution is 2.13. The Morgan fingerprint density at radius 3 is 1.52 bits per heavy atom. The zero-order valence-electron chi connectivity index (χ0n) is 13.9. The molecule has 21 heavy (non-hydrogen) atoms. The third kappa shape index (κ3) is 10.8. The van der Waals surface area contributed by atoms with E-state index >= 15 is 0 Å². The maximum atomic E-state index is 5.67. The van der Waals surface area contributed by atoms with Gasteiger partial charge in [0.1, 0.15) is 0 Å². The van der Waals surface area contributed by atoms with Gasteiger partial charge < -0.3 is 0 Å². The summed E-state index contributed by atoms with van der Waals surface area (Å²) >= 11 is 5.67. The van der Waals surface area contributed by atoms with Crippen LogP contribution in [0.5, 0.6) is 0 Å². The molecular weight excluding hydrogens is 276 g/mol. The third-order valence-electron chi connectivity index (χ3n) is 4.22. The second-order valence-electron chi connectivity index (χ2n) is 6.31. The molecule has 120 valence electrons. The fourth-order valence-corrected chi connectivity index (χ4v) is 2.96. The first-order valence-electron chi connectivity index (χ1n) is 8.94. The summed E-state index contributed by atoms with van der Waals surface area (Å²) in [4.78, 5) is 0. The van der Waals surface area contributed by atoms with Crippen LogP contribution >= 0.6 is 11.6 Å². The molecule has 0 fully saturated rings. The summed E-state index contributed by atoms with van der Waals surface area (Å²) in [6.07, 6.45) is 16.4. The molecular formula is C20H33Cl. The number of aryl methyl sites for hydroxylation is 2. The molecule has 1 aromatic rings. The first kappa shape index (κ1) is 18.6. The highest BCUT2D eigenvalue weighted by atomic mass is 35.5. The fourth-order valence-electron chi connectivity index (χ4n) is 2.77. The highest BCUT2D eigenvalue weighted by molar-refractivity contribution is 6.17. The predicted octanol–water partition coefficient (Wildman–Crippen LogP) is 7.07. The zero-order chi connectivity index (χ0) is 15.2. The Hall–Kier alpha value is -0.490. The molecule has 0 amide bonds. The molecule has 0 aliphatic rings. The lowest BCUT2D eigenvalue weighted by Crippen LogP contribution is -1.87. The number of hydrogen-bond donors (Lipinski definition) is 0. The van der Waals surface area contributed by atoms with E-state index in [1.54, 1.807) is 0 Å². The molecule has 0 saturated heterocycles. The van der Waals surface area contributed by atoms with E-state index < -0.39 is 0 Å². The van der Waals surface area contributed by atoms with Crippen LogP contribution in [0, 0.1) is 6.92 Å². The molecule has 0 heterocycles. The van der Waals surface area contributed by atoms with Gasteiger partial charge in [-0.15, -0.1) is 11.6 Å². The largest absolute Gasteiger partial charge is 0.127 e. The van der Waals surface area contributed by atoms with E-state index in [9.17, 15) is 0 Å². The molecule has 0 atom stereocenters. The van der Waals surface area contributed by atoms with E-state index in [0.717, 1.165) is 5.88 Å². The normalized spacial score (nSPS) is 11.0. The molecule has 1 aromatic carbocycles. The van der Waals surface area contributed by atoms with Crippen LogP contribution in [-0.2, 0) is 6.42 Å². The minimum atomic E-state index is 0.836. The number of hydrogen-bond acceptors (Lipinski definition) is 0. The molecule has 0 aromatic heterocycles. The molecule has 0 aliphatic carbocycles.